The first-order valence-corrected chi connectivity index (χ1v) is 11.5. The third kappa shape index (κ3) is 8.17. The number of nitrogens with zero attached hydrogens (tertiary/aromatic N) is 3. The average Bonchev–Trinajstić information content (AvgIpc) is 3.59. The minimum atomic E-state index is 0. The van der Waals surface area contributed by atoms with Crippen LogP contribution in [0.4, 0.5) is 0 Å². The van der Waals surface area contributed by atoms with Gasteiger partial charge in [-0.2, -0.15) is 0 Å². The normalized spacial score (nSPS) is 18.1. The van der Waals surface area contributed by atoms with Gasteiger partial charge in [0.05, 0.1) is 6.61 Å². The summed E-state index contributed by atoms with van der Waals surface area (Å²) in [5.74, 6) is 2.65. The van der Waals surface area contributed by atoms with Crippen LogP contribution in [0.2, 0.25) is 0 Å². The maximum atomic E-state index is 12.4. The van der Waals surface area contributed by atoms with E-state index < -0.39 is 0 Å². The van der Waals surface area contributed by atoms with Crippen molar-refractivity contribution in [2.24, 2.45) is 16.8 Å². The van der Waals surface area contributed by atoms with Gasteiger partial charge < -0.3 is 20.3 Å². The molecule has 0 spiro atoms. The Balaban J connectivity index is 0.00000306. The molecule has 1 unspecified atom stereocenters. The van der Waals surface area contributed by atoms with Crippen LogP contribution >= 0.6 is 24.0 Å². The Bertz CT molecular complexity index is 920. The van der Waals surface area contributed by atoms with Gasteiger partial charge in [-0.15, -0.1) is 24.0 Å². The molecular weight excluding hydrogens is 529 g/mol. The summed E-state index contributed by atoms with van der Waals surface area (Å²) in [5, 5.41) is 6.71. The molecule has 2 heterocycles. The van der Waals surface area contributed by atoms with Gasteiger partial charge in [0.1, 0.15) is 0 Å². The zero-order valence-electron chi connectivity index (χ0n) is 19.2. The highest BCUT2D eigenvalue weighted by molar-refractivity contribution is 14.0. The lowest BCUT2D eigenvalue weighted by Crippen LogP contribution is -2.40. The molecule has 1 saturated carbocycles. The second-order valence-electron chi connectivity index (χ2n) is 8.71. The Morgan fingerprint density at radius 1 is 1.15 bits per heavy atom. The van der Waals surface area contributed by atoms with Gasteiger partial charge in [-0.1, -0.05) is 30.3 Å². The van der Waals surface area contributed by atoms with Crippen molar-refractivity contribution < 1.29 is 9.53 Å². The van der Waals surface area contributed by atoms with E-state index in [0.717, 1.165) is 44.2 Å². The lowest BCUT2D eigenvalue weighted by molar-refractivity contribution is -0.127. The van der Waals surface area contributed by atoms with E-state index >= 15 is 0 Å². The van der Waals surface area contributed by atoms with Crippen LogP contribution in [0.15, 0.2) is 53.7 Å². The fourth-order valence-electron chi connectivity index (χ4n) is 3.89. The Kier molecular flexibility index (Phi) is 9.77. The third-order valence-electron chi connectivity index (χ3n) is 6.01. The number of carbonyl (C=O) groups is 1. The summed E-state index contributed by atoms with van der Waals surface area (Å²) in [7, 11) is 1.76. The molecule has 1 atom stereocenters. The molecule has 0 bridgehead atoms. The van der Waals surface area contributed by atoms with Gasteiger partial charge in [0, 0.05) is 57.8 Å². The number of hydrogen-bond donors (Lipinski definition) is 2. The molecule has 1 aromatic carbocycles. The molecule has 2 aromatic rings. The summed E-state index contributed by atoms with van der Waals surface area (Å²) in [5.41, 5.74) is 2.36. The fourth-order valence-corrected chi connectivity index (χ4v) is 3.89. The smallest absolute Gasteiger partial charge is 0.223 e. The summed E-state index contributed by atoms with van der Waals surface area (Å²) in [6.45, 7) is 3.69. The molecule has 1 aliphatic carbocycles. The molecule has 8 heteroatoms. The Labute approximate surface area is 213 Å². The fraction of sp³-hybridized carbons (Fsp3) is 0.480. The molecule has 0 radical (unpaired) electrons. The van der Waals surface area contributed by atoms with E-state index in [1.165, 1.54) is 18.4 Å². The van der Waals surface area contributed by atoms with Crippen LogP contribution in [0.5, 0.6) is 5.88 Å². The number of benzene rings is 1. The van der Waals surface area contributed by atoms with E-state index in [2.05, 4.69) is 32.7 Å². The molecule has 1 amide bonds. The van der Waals surface area contributed by atoms with Crippen molar-refractivity contribution in [1.29, 1.82) is 0 Å². The number of likely N-dealkylation sites (tertiary alicyclic amines) is 1. The topological polar surface area (TPSA) is 78.9 Å². The van der Waals surface area contributed by atoms with Gasteiger partial charge >= 0.3 is 0 Å². The van der Waals surface area contributed by atoms with Gasteiger partial charge in [-0.25, -0.2) is 4.98 Å². The number of nitrogens with one attached hydrogen (secondary N) is 2. The van der Waals surface area contributed by atoms with E-state index in [0.29, 0.717) is 30.7 Å². The highest BCUT2D eigenvalue weighted by Crippen LogP contribution is 2.29. The van der Waals surface area contributed by atoms with Crippen LogP contribution in [0, 0.1) is 11.8 Å². The highest BCUT2D eigenvalue weighted by Gasteiger charge is 2.29. The maximum absolute atomic E-state index is 12.4. The minimum Gasteiger partial charge on any atom is -0.477 e. The van der Waals surface area contributed by atoms with Crippen molar-refractivity contribution in [3.63, 3.8) is 0 Å². The average molecular weight is 563 g/mol. The Morgan fingerprint density at radius 2 is 1.97 bits per heavy atom. The first-order chi connectivity index (χ1) is 15.7. The Hall–Kier alpha value is -2.36. The van der Waals surface area contributed by atoms with Gasteiger partial charge in [0.25, 0.3) is 0 Å². The van der Waals surface area contributed by atoms with Crippen molar-refractivity contribution in [2.45, 2.75) is 32.2 Å². The first-order valence-electron chi connectivity index (χ1n) is 11.5. The summed E-state index contributed by atoms with van der Waals surface area (Å²) >= 11 is 0. The zero-order chi connectivity index (χ0) is 22.2. The molecule has 2 N–H and O–H groups in total. The van der Waals surface area contributed by atoms with Gasteiger partial charge in [0.2, 0.25) is 11.8 Å². The maximum Gasteiger partial charge on any atom is 0.223 e. The number of amides is 1. The van der Waals surface area contributed by atoms with Crippen molar-refractivity contribution in [3.05, 3.63) is 59.8 Å². The highest BCUT2D eigenvalue weighted by atomic mass is 127. The van der Waals surface area contributed by atoms with Crippen molar-refractivity contribution in [1.82, 2.24) is 20.5 Å². The molecule has 1 aromatic heterocycles. The van der Waals surface area contributed by atoms with Crippen LogP contribution in [-0.4, -0.2) is 55.0 Å². The Morgan fingerprint density at radius 3 is 2.73 bits per heavy atom. The van der Waals surface area contributed by atoms with E-state index in [9.17, 15) is 4.79 Å². The summed E-state index contributed by atoms with van der Waals surface area (Å²) in [6, 6.07) is 14.3. The second-order valence-corrected chi connectivity index (χ2v) is 8.71. The van der Waals surface area contributed by atoms with Crippen molar-refractivity contribution in [2.75, 3.05) is 33.3 Å². The molecule has 1 saturated heterocycles. The van der Waals surface area contributed by atoms with Crippen LogP contribution in [0.25, 0.3) is 0 Å². The molecule has 2 aliphatic rings. The number of aromatic nitrogens is 1. The van der Waals surface area contributed by atoms with E-state index in [1.807, 2.05) is 35.2 Å². The summed E-state index contributed by atoms with van der Waals surface area (Å²) in [6.07, 6.45) is 5.80. The summed E-state index contributed by atoms with van der Waals surface area (Å²) < 4.78 is 5.77. The number of aliphatic imine (C=N–C) groups is 1. The molecule has 178 valence electrons. The third-order valence-corrected chi connectivity index (χ3v) is 6.01. The minimum absolute atomic E-state index is 0. The van der Waals surface area contributed by atoms with Crippen LogP contribution in [0.3, 0.4) is 0 Å². The lowest BCUT2D eigenvalue weighted by atomic mass is 10.1. The number of hydrogen-bond acceptors (Lipinski definition) is 4. The van der Waals surface area contributed by atoms with Gasteiger partial charge in [-0.3, -0.25) is 9.79 Å². The lowest BCUT2D eigenvalue weighted by Gasteiger charge is -2.18. The number of ether oxygens (including phenoxy) is 1. The van der Waals surface area contributed by atoms with Gasteiger partial charge in [-0.05, 0) is 42.4 Å². The predicted molar refractivity (Wildman–Crippen MR) is 141 cm³/mol. The molecule has 4 rings (SSSR count). The molecule has 33 heavy (non-hydrogen) atoms. The second kappa shape index (κ2) is 12.8. The number of carbonyl (C=O) groups excluding carboxylic acids is 1. The molecule has 2 fully saturated rings. The predicted octanol–water partition coefficient (Wildman–Crippen LogP) is 3.24. The van der Waals surface area contributed by atoms with Gasteiger partial charge in [0.15, 0.2) is 5.96 Å². The summed E-state index contributed by atoms with van der Waals surface area (Å²) in [4.78, 5) is 23.0. The zero-order valence-corrected chi connectivity index (χ0v) is 21.5. The van der Waals surface area contributed by atoms with Crippen LogP contribution < -0.4 is 15.4 Å². The number of rotatable bonds is 10. The van der Waals surface area contributed by atoms with E-state index in [1.54, 1.807) is 13.2 Å². The van der Waals surface area contributed by atoms with E-state index in [4.69, 9.17) is 4.74 Å². The van der Waals surface area contributed by atoms with E-state index in [-0.39, 0.29) is 29.9 Å². The molecule has 1 aliphatic heterocycles. The monoisotopic (exact) mass is 563 g/mol. The van der Waals surface area contributed by atoms with Crippen molar-refractivity contribution in [3.8, 4) is 5.88 Å². The number of guanidine groups is 1. The molecular formula is C25H34IN5O2. The molecule has 7 nitrogen and oxygen atoms in total. The number of halogens is 1. The first kappa shape index (κ1) is 25.3. The number of pyridine rings is 1. The van der Waals surface area contributed by atoms with Crippen LogP contribution in [-0.2, 0) is 17.8 Å². The quantitative estimate of drug-likeness (QED) is 0.264. The largest absolute Gasteiger partial charge is 0.477 e. The SMILES string of the molecule is CN=C(NCc1ccnc(OCC2CC2)c1)NCC1CC(=O)N(CCc2ccccc2)C1.I. The standard InChI is InChI=1S/C25H33N5O2.HI/c1-26-25(28-15-21-9-11-27-23(13-21)32-18-20-7-8-20)29-16-22-14-24(31)30(17-22)12-10-19-5-3-2-4-6-19;/h2-6,9,11,13,20,22H,7-8,10,12,14-18H2,1H3,(H2,26,28,29);1H. The van der Waals surface area contributed by atoms with Crippen LogP contribution in [0.1, 0.15) is 30.4 Å². The van der Waals surface area contributed by atoms with Crippen molar-refractivity contribution >= 4 is 35.8 Å².